The lowest BCUT2D eigenvalue weighted by Gasteiger charge is -2.14. The Morgan fingerprint density at radius 2 is 2.05 bits per heavy atom. The Balaban J connectivity index is 2.38. The van der Waals surface area contributed by atoms with Crippen LogP contribution in [0.1, 0.15) is 17.9 Å². The van der Waals surface area contributed by atoms with E-state index in [0.29, 0.717) is 5.92 Å². The Kier molecular flexibility index (Phi) is 8.39. The minimum absolute atomic E-state index is 0.518. The molecule has 1 unspecified atom stereocenters. The smallest absolute Gasteiger partial charge is 0.0844 e. The normalized spacial score (nSPS) is 12.8. The summed E-state index contributed by atoms with van der Waals surface area (Å²) in [7, 11) is 0. The van der Waals surface area contributed by atoms with Gasteiger partial charge < -0.3 is 0 Å². The van der Waals surface area contributed by atoms with E-state index >= 15 is 0 Å². The van der Waals surface area contributed by atoms with E-state index < -0.39 is 0 Å². The lowest BCUT2D eigenvalue weighted by molar-refractivity contribution is 0.794. The summed E-state index contributed by atoms with van der Waals surface area (Å²) in [5, 5.41) is 0. The topological polar surface area (TPSA) is 24.7 Å². The number of nitrogens with zero attached hydrogens (tertiary/aromatic N) is 2. The van der Waals surface area contributed by atoms with Gasteiger partial charge in [-0.15, -0.1) is 18.3 Å². The highest BCUT2D eigenvalue weighted by molar-refractivity contribution is 7.99. The average molecular weight is 272 g/mol. The lowest BCUT2D eigenvalue weighted by Crippen LogP contribution is -2.01. The molecule has 0 fully saturated rings. The third-order valence-electron chi connectivity index (χ3n) is 2.59. The molecule has 1 rings (SSSR count). The van der Waals surface area contributed by atoms with Crippen LogP contribution in [0.25, 0.3) is 0 Å². The van der Waals surface area contributed by atoms with Gasteiger partial charge in [0.15, 0.2) is 0 Å². The molecule has 0 aromatic heterocycles. The molecule has 19 heavy (non-hydrogen) atoms. The fourth-order valence-electron chi connectivity index (χ4n) is 1.68. The molecular weight excluding hydrogens is 252 g/mol. The highest BCUT2D eigenvalue weighted by Crippen LogP contribution is 2.24. The molecule has 2 nitrogen and oxygen atoms in total. The number of thioether (sulfide) groups is 1. The molecule has 0 amide bonds. The summed E-state index contributed by atoms with van der Waals surface area (Å²) in [6, 6.07) is 10.6. The van der Waals surface area contributed by atoms with Crippen LogP contribution in [0.3, 0.4) is 0 Å². The highest BCUT2D eigenvalue weighted by atomic mass is 32.2. The predicted molar refractivity (Wildman–Crippen MR) is 88.5 cm³/mol. The van der Waals surface area contributed by atoms with E-state index in [1.807, 2.05) is 23.9 Å². The van der Waals surface area contributed by atoms with Gasteiger partial charge in [-0.05, 0) is 30.7 Å². The molecule has 0 aliphatic heterocycles. The van der Waals surface area contributed by atoms with Gasteiger partial charge >= 0.3 is 0 Å². The van der Waals surface area contributed by atoms with Crippen LogP contribution in [0.5, 0.6) is 0 Å². The molecule has 0 bridgehead atoms. The van der Waals surface area contributed by atoms with Gasteiger partial charge in [0.25, 0.3) is 0 Å². The van der Waals surface area contributed by atoms with Crippen LogP contribution in [0.4, 0.5) is 0 Å². The second kappa shape index (κ2) is 10.3. The van der Waals surface area contributed by atoms with Gasteiger partial charge in [-0.1, -0.05) is 36.4 Å². The molecular formula is C16H20N2S. The number of allylic oxidation sites excluding steroid dienone is 2. The van der Waals surface area contributed by atoms with Crippen LogP contribution in [-0.2, 0) is 0 Å². The third-order valence-corrected chi connectivity index (χ3v) is 3.56. The van der Waals surface area contributed by atoms with Crippen molar-refractivity contribution in [2.45, 2.75) is 12.3 Å². The standard InChI is InChI=1S/C16H20N2S/c1-3-8-16(15-9-5-4-6-10-15)13-19-14-18-12-7-11-17-2/h3-7,9-12,16H,1-2,8,13-14H2/b11-7-,18-12?. The SMILES string of the molecule is C=CCC(CSCN=C/C=C\N=C)c1ccccc1. The molecule has 0 heterocycles. The van der Waals surface area contributed by atoms with Crippen molar-refractivity contribution in [1.29, 1.82) is 0 Å². The van der Waals surface area contributed by atoms with Gasteiger partial charge in [-0.2, -0.15) is 0 Å². The van der Waals surface area contributed by atoms with Crippen molar-refractivity contribution in [2.24, 2.45) is 9.98 Å². The lowest BCUT2D eigenvalue weighted by atomic mass is 9.98. The number of aliphatic imine (C=N–C) groups is 2. The van der Waals surface area contributed by atoms with Crippen LogP contribution >= 0.6 is 11.8 Å². The zero-order valence-corrected chi connectivity index (χ0v) is 11.9. The first-order valence-corrected chi connectivity index (χ1v) is 7.38. The molecule has 0 saturated heterocycles. The largest absolute Gasteiger partial charge is 0.282 e. The number of hydrogen-bond donors (Lipinski definition) is 0. The van der Waals surface area contributed by atoms with Gasteiger partial charge in [-0.3, -0.25) is 9.98 Å². The first-order valence-electron chi connectivity index (χ1n) is 6.23. The molecule has 0 N–H and O–H groups in total. The Hall–Kier alpha value is -1.61. The quantitative estimate of drug-likeness (QED) is 0.373. The van der Waals surface area contributed by atoms with E-state index in [0.717, 1.165) is 18.1 Å². The Morgan fingerprint density at radius 3 is 2.74 bits per heavy atom. The van der Waals surface area contributed by atoms with Crippen LogP contribution < -0.4 is 0 Å². The number of hydrogen-bond acceptors (Lipinski definition) is 3. The van der Waals surface area contributed by atoms with Crippen LogP contribution in [0, 0.1) is 0 Å². The van der Waals surface area contributed by atoms with E-state index in [2.05, 4.69) is 47.5 Å². The number of rotatable bonds is 9. The Bertz CT molecular complexity index is 424. The van der Waals surface area contributed by atoms with E-state index in [-0.39, 0.29) is 0 Å². The molecule has 3 heteroatoms. The molecule has 0 saturated carbocycles. The summed E-state index contributed by atoms with van der Waals surface area (Å²) in [6.45, 7) is 7.20. The molecule has 0 aliphatic rings. The maximum atomic E-state index is 4.27. The Labute approximate surface area is 120 Å². The third kappa shape index (κ3) is 6.77. The van der Waals surface area contributed by atoms with Gasteiger partial charge in [-0.25, -0.2) is 0 Å². The molecule has 0 radical (unpaired) electrons. The van der Waals surface area contributed by atoms with Crippen molar-refractivity contribution >= 4 is 24.7 Å². The molecule has 0 aliphatic carbocycles. The van der Waals surface area contributed by atoms with Crippen LogP contribution in [0.2, 0.25) is 0 Å². The van der Waals surface area contributed by atoms with Crippen molar-refractivity contribution in [3.05, 3.63) is 60.8 Å². The van der Waals surface area contributed by atoms with Crippen LogP contribution in [-0.4, -0.2) is 24.6 Å². The molecule has 100 valence electrons. The van der Waals surface area contributed by atoms with Crippen molar-refractivity contribution in [1.82, 2.24) is 0 Å². The average Bonchev–Trinajstić information content (AvgIpc) is 2.46. The second-order valence-electron chi connectivity index (χ2n) is 3.99. The summed E-state index contributed by atoms with van der Waals surface area (Å²) in [6.07, 6.45) is 8.15. The summed E-state index contributed by atoms with van der Waals surface area (Å²) in [5.74, 6) is 2.34. The van der Waals surface area contributed by atoms with Crippen LogP contribution in [0.15, 0.2) is 65.2 Å². The predicted octanol–water partition coefficient (Wildman–Crippen LogP) is 4.32. The monoisotopic (exact) mass is 272 g/mol. The minimum atomic E-state index is 0.518. The zero-order valence-electron chi connectivity index (χ0n) is 11.1. The van der Waals surface area contributed by atoms with Gasteiger partial charge in [0.2, 0.25) is 0 Å². The van der Waals surface area contributed by atoms with E-state index in [9.17, 15) is 0 Å². The fourth-order valence-corrected chi connectivity index (χ4v) is 2.59. The first kappa shape index (κ1) is 15.4. The first-order chi connectivity index (χ1) is 9.38. The maximum absolute atomic E-state index is 4.27. The molecule has 0 spiro atoms. The molecule has 1 aromatic carbocycles. The van der Waals surface area contributed by atoms with Gasteiger partial charge in [0.1, 0.15) is 0 Å². The summed E-state index contributed by atoms with van der Waals surface area (Å²) in [5.41, 5.74) is 1.37. The van der Waals surface area contributed by atoms with Crippen molar-refractivity contribution in [2.75, 3.05) is 11.6 Å². The molecule has 1 atom stereocenters. The van der Waals surface area contributed by atoms with E-state index in [1.54, 1.807) is 18.5 Å². The van der Waals surface area contributed by atoms with Gasteiger partial charge in [0, 0.05) is 18.2 Å². The minimum Gasteiger partial charge on any atom is -0.282 e. The fraction of sp³-hybridized carbons (Fsp3) is 0.250. The van der Waals surface area contributed by atoms with Crippen molar-refractivity contribution < 1.29 is 0 Å². The maximum Gasteiger partial charge on any atom is 0.0844 e. The Morgan fingerprint density at radius 1 is 1.26 bits per heavy atom. The summed E-state index contributed by atoms with van der Waals surface area (Å²) < 4.78 is 0. The zero-order chi connectivity index (χ0) is 13.8. The number of benzene rings is 1. The van der Waals surface area contributed by atoms with Crippen molar-refractivity contribution in [3.8, 4) is 0 Å². The second-order valence-corrected chi connectivity index (χ2v) is 4.99. The summed E-state index contributed by atoms with van der Waals surface area (Å²) >= 11 is 1.83. The molecule has 1 aromatic rings. The van der Waals surface area contributed by atoms with E-state index in [4.69, 9.17) is 0 Å². The van der Waals surface area contributed by atoms with Gasteiger partial charge in [0.05, 0.1) is 5.88 Å². The van der Waals surface area contributed by atoms with E-state index in [1.165, 1.54) is 5.56 Å². The summed E-state index contributed by atoms with van der Waals surface area (Å²) in [4.78, 5) is 7.88. The highest BCUT2D eigenvalue weighted by Gasteiger charge is 2.08. The van der Waals surface area contributed by atoms with Crippen molar-refractivity contribution in [3.63, 3.8) is 0 Å².